The zero-order chi connectivity index (χ0) is 22.9. The van der Waals surface area contributed by atoms with Crippen molar-refractivity contribution in [3.8, 4) is 17.2 Å². The van der Waals surface area contributed by atoms with Crippen LogP contribution in [0.15, 0.2) is 36.4 Å². The summed E-state index contributed by atoms with van der Waals surface area (Å²) in [5.41, 5.74) is 0. The molecule has 31 heavy (non-hydrogen) atoms. The number of hydrogen-bond donors (Lipinski definition) is 0. The minimum atomic E-state index is -3.99. The topological polar surface area (TPSA) is 27.7 Å². The van der Waals surface area contributed by atoms with Crippen molar-refractivity contribution in [1.29, 1.82) is 0 Å². The molecule has 0 spiro atoms. The Hall–Kier alpha value is -2.83. The van der Waals surface area contributed by atoms with E-state index in [0.29, 0.717) is 6.07 Å². The van der Waals surface area contributed by atoms with Crippen molar-refractivity contribution in [3.05, 3.63) is 71.3 Å². The molecule has 0 aliphatic heterocycles. The molecule has 0 fully saturated rings. The van der Waals surface area contributed by atoms with E-state index in [-0.39, 0.29) is 0 Å². The van der Waals surface area contributed by atoms with Crippen molar-refractivity contribution < 1.29 is 40.6 Å². The highest BCUT2D eigenvalue weighted by Gasteiger charge is 2.41. The van der Waals surface area contributed by atoms with Crippen LogP contribution in [0.3, 0.4) is 0 Å². The number of rotatable bonds is 6. The van der Waals surface area contributed by atoms with Crippen molar-refractivity contribution in [1.82, 2.24) is 0 Å². The molecule has 0 amide bonds. The van der Waals surface area contributed by atoms with Crippen molar-refractivity contribution in [3.63, 3.8) is 0 Å². The molecule has 0 N–H and O–H groups in total. The van der Waals surface area contributed by atoms with Crippen LogP contribution in [0.4, 0.5) is 26.3 Å². The zero-order valence-electron chi connectivity index (χ0n) is 16.5. The Morgan fingerprint density at radius 1 is 0.548 bits per heavy atom. The lowest BCUT2D eigenvalue weighted by atomic mass is 10.3. The summed E-state index contributed by atoms with van der Waals surface area (Å²) in [5, 5.41) is 0. The maximum absolute atomic E-state index is 15.2. The highest BCUT2D eigenvalue weighted by molar-refractivity contribution is 6.96. The van der Waals surface area contributed by atoms with Crippen molar-refractivity contribution in [2.24, 2.45) is 0 Å². The molecule has 3 aromatic rings. The molecule has 0 radical (unpaired) electrons. The molecule has 3 rings (SSSR count). The Kier molecular flexibility index (Phi) is 6.72. The van der Waals surface area contributed by atoms with E-state index in [9.17, 15) is 17.6 Å². The maximum atomic E-state index is 15.2. The first kappa shape index (κ1) is 22.8. The van der Waals surface area contributed by atoms with Crippen LogP contribution < -0.4 is 27.5 Å². The molecule has 0 heterocycles. The van der Waals surface area contributed by atoms with Gasteiger partial charge in [0, 0.05) is 12.1 Å². The first-order chi connectivity index (χ1) is 14.7. The summed E-state index contributed by atoms with van der Waals surface area (Å²) in [5.74, 6) is -8.46. The molecule has 0 aliphatic rings. The van der Waals surface area contributed by atoms with E-state index in [1.165, 1.54) is 0 Å². The van der Waals surface area contributed by atoms with E-state index >= 15 is 8.78 Å². The smallest absolute Gasteiger partial charge is 0.413 e. The Morgan fingerprint density at radius 2 is 1.00 bits per heavy atom. The van der Waals surface area contributed by atoms with Gasteiger partial charge in [-0.25, -0.2) is 26.3 Å². The summed E-state index contributed by atoms with van der Waals surface area (Å²) >= 11 is -3.99. The SMILES string of the molecule is COc1ccc(F)[c]([Al]([c]2c(F)cc(F)cc2OC)[c]2c(F)ccc(OC)c2F)c1F. The maximum Gasteiger partial charge on any atom is 0.413 e. The first-order valence-electron chi connectivity index (χ1n) is 8.81. The van der Waals surface area contributed by atoms with Gasteiger partial charge in [0.1, 0.15) is 29.0 Å². The molecule has 162 valence electrons. The van der Waals surface area contributed by atoms with Gasteiger partial charge in [0.05, 0.1) is 21.3 Å². The van der Waals surface area contributed by atoms with Gasteiger partial charge in [0.25, 0.3) is 0 Å². The van der Waals surface area contributed by atoms with Crippen molar-refractivity contribution in [2.45, 2.75) is 0 Å². The Labute approximate surface area is 178 Å². The highest BCUT2D eigenvalue weighted by Crippen LogP contribution is 2.23. The predicted molar refractivity (Wildman–Crippen MR) is 103 cm³/mol. The second-order valence-electron chi connectivity index (χ2n) is 6.39. The summed E-state index contributed by atoms with van der Waals surface area (Å²) in [6, 6.07) is 4.85. The lowest BCUT2D eigenvalue weighted by Crippen LogP contribution is -2.58. The zero-order valence-corrected chi connectivity index (χ0v) is 17.7. The normalized spacial score (nSPS) is 10.7. The van der Waals surface area contributed by atoms with E-state index in [1.54, 1.807) is 0 Å². The minimum Gasteiger partial charge on any atom is -0.498 e. The molecular formula is C21H15AlF6O3. The number of methoxy groups -OCH3 is 3. The van der Waals surface area contributed by atoms with Crippen LogP contribution in [0, 0.1) is 34.9 Å². The van der Waals surface area contributed by atoms with Crippen LogP contribution in [-0.2, 0) is 0 Å². The summed E-state index contributed by atoms with van der Waals surface area (Å²) in [6.45, 7) is 0. The van der Waals surface area contributed by atoms with Gasteiger partial charge >= 0.3 is 14.1 Å². The fourth-order valence-electron chi connectivity index (χ4n) is 3.39. The molecule has 0 saturated carbocycles. The molecule has 10 heteroatoms. The highest BCUT2D eigenvalue weighted by atomic mass is 27.2. The van der Waals surface area contributed by atoms with Gasteiger partial charge in [-0.2, -0.15) is 0 Å². The van der Waals surface area contributed by atoms with Crippen molar-refractivity contribution in [2.75, 3.05) is 21.3 Å². The van der Waals surface area contributed by atoms with E-state index in [0.717, 1.165) is 51.7 Å². The van der Waals surface area contributed by atoms with Crippen LogP contribution in [0.2, 0.25) is 0 Å². The van der Waals surface area contributed by atoms with Gasteiger partial charge in [0.15, 0.2) is 23.1 Å². The average Bonchev–Trinajstić information content (AvgIpc) is 2.72. The third-order valence-electron chi connectivity index (χ3n) is 4.76. The van der Waals surface area contributed by atoms with E-state index in [4.69, 9.17) is 14.2 Å². The van der Waals surface area contributed by atoms with Crippen LogP contribution in [0.5, 0.6) is 17.2 Å². The standard InChI is InChI=1S/3C7H5F2O.Al/c1-10-7-3-5(8)2-6(9)4-7;2*1-10-7-3-2-5(8)4-6(7)9;/h3*2-3H,1H3;. The van der Waals surface area contributed by atoms with E-state index in [2.05, 4.69) is 0 Å². The summed E-state index contributed by atoms with van der Waals surface area (Å²) < 4.78 is 102. The molecule has 0 aromatic heterocycles. The van der Waals surface area contributed by atoms with Gasteiger partial charge in [0.2, 0.25) is 0 Å². The summed E-state index contributed by atoms with van der Waals surface area (Å²) in [6.07, 6.45) is 0. The van der Waals surface area contributed by atoms with Crippen LogP contribution >= 0.6 is 0 Å². The molecule has 0 unspecified atom stereocenters. The molecule has 0 atom stereocenters. The largest absolute Gasteiger partial charge is 0.498 e. The summed E-state index contributed by atoms with van der Waals surface area (Å²) in [7, 11) is 3.30. The number of benzene rings is 3. The van der Waals surface area contributed by atoms with E-state index < -0.39 is 79.6 Å². The Morgan fingerprint density at radius 3 is 1.42 bits per heavy atom. The quantitative estimate of drug-likeness (QED) is 0.422. The molecule has 3 nitrogen and oxygen atoms in total. The van der Waals surface area contributed by atoms with Gasteiger partial charge in [-0.1, -0.05) is 0 Å². The molecular weight excluding hydrogens is 441 g/mol. The lowest BCUT2D eigenvalue weighted by molar-refractivity contribution is 0.385. The monoisotopic (exact) mass is 456 g/mol. The first-order valence-corrected chi connectivity index (χ1v) is 10.5. The third-order valence-corrected chi connectivity index (χ3v) is 8.12. The number of hydrogen-bond acceptors (Lipinski definition) is 3. The number of halogens is 6. The second kappa shape index (κ2) is 9.12. The molecule has 3 aromatic carbocycles. The fraction of sp³-hybridized carbons (Fsp3) is 0.143. The number of ether oxygens (including phenoxy) is 3. The molecule has 0 aliphatic carbocycles. The fourth-order valence-corrected chi connectivity index (χ4v) is 6.63. The molecule has 0 saturated heterocycles. The van der Waals surface area contributed by atoms with Crippen LogP contribution in [-0.4, -0.2) is 35.5 Å². The van der Waals surface area contributed by atoms with Gasteiger partial charge in [-0.05, 0) is 37.5 Å². The van der Waals surface area contributed by atoms with Crippen LogP contribution in [0.1, 0.15) is 0 Å². The molecule has 0 bridgehead atoms. The Bertz CT molecular complexity index is 1080. The van der Waals surface area contributed by atoms with Gasteiger partial charge < -0.3 is 14.2 Å². The van der Waals surface area contributed by atoms with Gasteiger partial charge in [-0.3, -0.25) is 0 Å². The van der Waals surface area contributed by atoms with Crippen molar-refractivity contribution >= 4 is 27.4 Å². The summed E-state index contributed by atoms with van der Waals surface area (Å²) in [4.78, 5) is 0. The van der Waals surface area contributed by atoms with Crippen LogP contribution in [0.25, 0.3) is 0 Å². The third kappa shape index (κ3) is 4.05. The lowest BCUT2D eigenvalue weighted by Gasteiger charge is -2.21. The van der Waals surface area contributed by atoms with Gasteiger partial charge in [-0.15, -0.1) is 0 Å². The average molecular weight is 456 g/mol. The Balaban J connectivity index is 2.51. The second-order valence-corrected chi connectivity index (χ2v) is 8.99. The predicted octanol–water partition coefficient (Wildman–Crippen LogP) is 3.06. The van der Waals surface area contributed by atoms with E-state index in [1.807, 2.05) is 0 Å². The minimum absolute atomic E-state index is 0.418.